The maximum absolute atomic E-state index is 12.9. The predicted octanol–water partition coefficient (Wildman–Crippen LogP) is 4.18. The third-order valence-corrected chi connectivity index (χ3v) is 7.09. The summed E-state index contributed by atoms with van der Waals surface area (Å²) in [7, 11) is 0. The van der Waals surface area contributed by atoms with Crippen LogP contribution in [0.1, 0.15) is 43.5 Å². The molecule has 5 rings (SSSR count). The zero-order valence-electron chi connectivity index (χ0n) is 19.6. The van der Waals surface area contributed by atoms with E-state index >= 15 is 0 Å². The van der Waals surface area contributed by atoms with E-state index in [0.717, 1.165) is 38.1 Å². The summed E-state index contributed by atoms with van der Waals surface area (Å²) >= 11 is 1.20. The smallest absolute Gasteiger partial charge is 0.277 e. The minimum absolute atomic E-state index is 0.00724. The molecule has 0 saturated carbocycles. The monoisotopic (exact) mass is 489 g/mol. The molecule has 0 unspecified atom stereocenters. The van der Waals surface area contributed by atoms with Gasteiger partial charge in [0.1, 0.15) is 5.82 Å². The first-order valence-electron chi connectivity index (χ1n) is 11.9. The second-order valence-corrected chi connectivity index (χ2v) is 9.73. The Kier molecular flexibility index (Phi) is 6.94. The van der Waals surface area contributed by atoms with Gasteiger partial charge >= 0.3 is 0 Å². The Labute approximate surface area is 207 Å². The van der Waals surface area contributed by atoms with Gasteiger partial charge in [-0.3, -0.25) is 14.2 Å². The van der Waals surface area contributed by atoms with E-state index in [1.54, 1.807) is 12.1 Å². The van der Waals surface area contributed by atoms with Crippen molar-refractivity contribution in [3.05, 3.63) is 70.3 Å². The Morgan fingerprint density at radius 2 is 2.00 bits per heavy atom. The van der Waals surface area contributed by atoms with Gasteiger partial charge in [-0.05, 0) is 42.5 Å². The lowest BCUT2D eigenvalue weighted by molar-refractivity contribution is -0.118. The van der Waals surface area contributed by atoms with Crippen molar-refractivity contribution in [2.45, 2.75) is 50.3 Å². The van der Waals surface area contributed by atoms with Crippen molar-refractivity contribution in [3.8, 4) is 11.5 Å². The summed E-state index contributed by atoms with van der Waals surface area (Å²) in [5.41, 5.74) is 2.53. The third-order valence-electron chi connectivity index (χ3n) is 6.27. The predicted molar refractivity (Wildman–Crippen MR) is 135 cm³/mol. The summed E-state index contributed by atoms with van der Waals surface area (Å²) in [6.07, 6.45) is 3.96. The van der Waals surface area contributed by atoms with E-state index in [1.165, 1.54) is 17.3 Å². The molecule has 0 aliphatic carbocycles. The lowest BCUT2D eigenvalue weighted by atomic mass is 10.0. The molecule has 2 aromatic heterocycles. The Bertz CT molecular complexity index is 1400. The second kappa shape index (κ2) is 10.4. The number of hydrogen-bond acceptors (Lipinski definition) is 7. The van der Waals surface area contributed by atoms with Crippen molar-refractivity contribution in [1.82, 2.24) is 25.1 Å². The third kappa shape index (κ3) is 5.30. The van der Waals surface area contributed by atoms with E-state index in [4.69, 9.17) is 9.40 Å². The van der Waals surface area contributed by atoms with E-state index in [1.807, 2.05) is 28.8 Å². The summed E-state index contributed by atoms with van der Waals surface area (Å²) in [4.78, 5) is 30.0. The van der Waals surface area contributed by atoms with Crippen molar-refractivity contribution in [2.24, 2.45) is 0 Å². The maximum Gasteiger partial charge on any atom is 0.277 e. The first-order chi connectivity index (χ1) is 17.1. The van der Waals surface area contributed by atoms with Crippen LogP contribution in [0.15, 0.2) is 63.0 Å². The molecule has 1 atom stereocenters. The highest BCUT2D eigenvalue weighted by atomic mass is 32.2. The van der Waals surface area contributed by atoms with Crippen LogP contribution in [0.3, 0.4) is 0 Å². The Balaban J connectivity index is 1.23. The van der Waals surface area contributed by atoms with Crippen molar-refractivity contribution in [3.63, 3.8) is 0 Å². The first-order valence-corrected chi connectivity index (χ1v) is 12.9. The maximum atomic E-state index is 12.9. The number of nitrogens with zero attached hydrogens (tertiary/aromatic N) is 4. The van der Waals surface area contributed by atoms with Crippen molar-refractivity contribution in [2.75, 3.05) is 12.3 Å². The molecule has 1 aliphatic heterocycles. The molecule has 4 aromatic rings. The van der Waals surface area contributed by atoms with Gasteiger partial charge in [0.25, 0.3) is 10.8 Å². The minimum Gasteiger partial charge on any atom is -0.411 e. The summed E-state index contributed by atoms with van der Waals surface area (Å²) < 4.78 is 7.58. The second-order valence-electron chi connectivity index (χ2n) is 8.81. The van der Waals surface area contributed by atoms with Gasteiger partial charge in [0, 0.05) is 25.1 Å². The fourth-order valence-electron chi connectivity index (χ4n) is 4.28. The number of rotatable bonds is 7. The molecular formula is C26H27N5O3S. The van der Waals surface area contributed by atoms with E-state index in [2.05, 4.69) is 34.6 Å². The molecule has 0 spiro atoms. The highest BCUT2D eigenvalue weighted by molar-refractivity contribution is 7.99. The van der Waals surface area contributed by atoms with Crippen molar-refractivity contribution >= 4 is 28.6 Å². The molecule has 0 saturated heterocycles. The van der Waals surface area contributed by atoms with Crippen LogP contribution in [0.25, 0.3) is 22.4 Å². The minimum atomic E-state index is -0.0893. The van der Waals surface area contributed by atoms with Crippen LogP contribution in [-0.2, 0) is 17.8 Å². The molecule has 1 N–H and O–H groups in total. The number of benzene rings is 2. The van der Waals surface area contributed by atoms with Crippen LogP contribution < -0.4 is 10.9 Å². The standard InChI is InChI=1S/C26H27N5O3S/c1-17(18-8-4-2-5-9-18)15-27-23(32)16-35-26-30-29-24(34-26)19-11-12-20-21(14-19)28-22-10-6-3-7-13-31(22)25(20)33/h2,4-5,8-9,11-12,14,17H,3,6-7,10,13,15-16H2,1H3,(H,27,32)/t17-/m0/s1. The Hall–Kier alpha value is -3.46. The molecule has 180 valence electrons. The lowest BCUT2D eigenvalue weighted by Crippen LogP contribution is -2.28. The average Bonchev–Trinajstić information content (AvgIpc) is 3.24. The van der Waals surface area contributed by atoms with Gasteiger partial charge in [0.2, 0.25) is 11.8 Å². The van der Waals surface area contributed by atoms with E-state index < -0.39 is 0 Å². The van der Waals surface area contributed by atoms with Gasteiger partial charge in [0.15, 0.2) is 0 Å². The van der Waals surface area contributed by atoms with Crippen LogP contribution in [0.5, 0.6) is 0 Å². The van der Waals surface area contributed by atoms with Crippen LogP contribution >= 0.6 is 11.8 Å². The van der Waals surface area contributed by atoms with Crippen LogP contribution in [0.2, 0.25) is 0 Å². The molecular weight excluding hydrogens is 462 g/mol. The molecule has 0 bridgehead atoms. The van der Waals surface area contributed by atoms with Gasteiger partial charge in [-0.15, -0.1) is 10.2 Å². The summed E-state index contributed by atoms with van der Waals surface area (Å²) in [6.45, 7) is 3.37. The summed E-state index contributed by atoms with van der Waals surface area (Å²) in [5, 5.41) is 12.1. The van der Waals surface area contributed by atoms with Crippen molar-refractivity contribution in [1.29, 1.82) is 0 Å². The molecule has 1 amide bonds. The Morgan fingerprint density at radius 3 is 2.86 bits per heavy atom. The first kappa shape index (κ1) is 23.3. The highest BCUT2D eigenvalue weighted by Crippen LogP contribution is 2.25. The number of thioether (sulfide) groups is 1. The fourth-order valence-corrected chi connectivity index (χ4v) is 4.87. The summed E-state index contributed by atoms with van der Waals surface area (Å²) in [6, 6.07) is 15.5. The number of carbonyl (C=O) groups excluding carboxylic acids is 1. The van der Waals surface area contributed by atoms with E-state index in [9.17, 15) is 9.59 Å². The summed E-state index contributed by atoms with van der Waals surface area (Å²) in [5.74, 6) is 1.50. The number of aryl methyl sites for hydroxylation is 1. The molecule has 2 aromatic carbocycles. The zero-order chi connectivity index (χ0) is 24.2. The number of hydrogen-bond donors (Lipinski definition) is 1. The number of amides is 1. The van der Waals surface area contributed by atoms with Crippen LogP contribution in [-0.4, -0.2) is 38.0 Å². The fraction of sp³-hybridized carbons (Fsp3) is 0.346. The SMILES string of the molecule is C[C@@H](CNC(=O)CSc1nnc(-c2ccc3c(=O)n4c(nc3c2)CCCCC4)o1)c1ccccc1. The van der Waals surface area contributed by atoms with Crippen LogP contribution in [0.4, 0.5) is 0 Å². The van der Waals surface area contributed by atoms with Gasteiger partial charge in [-0.2, -0.15) is 0 Å². The molecule has 0 radical (unpaired) electrons. The molecule has 0 fully saturated rings. The largest absolute Gasteiger partial charge is 0.411 e. The normalized spacial score (nSPS) is 14.3. The topological polar surface area (TPSA) is 103 Å². The van der Waals surface area contributed by atoms with Gasteiger partial charge in [-0.25, -0.2) is 4.98 Å². The van der Waals surface area contributed by atoms with Gasteiger partial charge < -0.3 is 9.73 Å². The molecule has 8 nitrogen and oxygen atoms in total. The quantitative estimate of drug-likeness (QED) is 0.388. The number of aromatic nitrogens is 4. The number of nitrogens with one attached hydrogen (secondary N) is 1. The lowest BCUT2D eigenvalue weighted by Gasteiger charge is -2.12. The van der Waals surface area contributed by atoms with E-state index in [-0.39, 0.29) is 23.1 Å². The van der Waals surface area contributed by atoms with Crippen molar-refractivity contribution < 1.29 is 9.21 Å². The van der Waals surface area contributed by atoms with E-state index in [0.29, 0.717) is 34.1 Å². The van der Waals surface area contributed by atoms with Gasteiger partial charge in [0.05, 0.1) is 16.7 Å². The highest BCUT2D eigenvalue weighted by Gasteiger charge is 2.16. The van der Waals surface area contributed by atoms with Crippen LogP contribution in [0, 0.1) is 0 Å². The molecule has 9 heteroatoms. The number of fused-ring (bicyclic) bond motifs is 2. The molecule has 1 aliphatic rings. The average molecular weight is 490 g/mol. The Morgan fingerprint density at radius 1 is 1.14 bits per heavy atom. The van der Waals surface area contributed by atoms with Gasteiger partial charge in [-0.1, -0.05) is 55.4 Å². The zero-order valence-corrected chi connectivity index (χ0v) is 20.4. The number of carbonyl (C=O) groups is 1. The molecule has 3 heterocycles. The molecule has 35 heavy (non-hydrogen) atoms.